The minimum atomic E-state index is -1.34. The molecular weight excluding hydrogens is 308 g/mol. The molecule has 1 heterocycles. The van der Waals surface area contributed by atoms with E-state index in [-0.39, 0.29) is 31.0 Å². The predicted molar refractivity (Wildman–Crippen MR) is 77.7 cm³/mol. The number of rotatable bonds is 7. The molecule has 124 valence electrons. The van der Waals surface area contributed by atoms with E-state index in [1.807, 2.05) is 0 Å². The number of nitrogens with one attached hydrogen (secondary N) is 1. The van der Waals surface area contributed by atoms with E-state index in [1.54, 1.807) is 13.0 Å². The first-order valence-corrected chi connectivity index (χ1v) is 7.11. The number of ether oxygens (including phenoxy) is 1. The van der Waals surface area contributed by atoms with Gasteiger partial charge in [-0.3, -0.25) is 0 Å². The van der Waals surface area contributed by atoms with Gasteiger partial charge in [-0.05, 0) is 31.2 Å². The second-order valence-corrected chi connectivity index (χ2v) is 4.77. The molecule has 0 bridgehead atoms. The van der Waals surface area contributed by atoms with Crippen molar-refractivity contribution in [1.82, 2.24) is 5.32 Å². The molecule has 23 heavy (non-hydrogen) atoms. The second kappa shape index (κ2) is 7.85. The summed E-state index contributed by atoms with van der Waals surface area (Å²) in [5, 5.41) is 12.7. The average Bonchev–Trinajstić information content (AvgIpc) is 2.96. The lowest BCUT2D eigenvalue weighted by Gasteiger charge is -2.13. The van der Waals surface area contributed by atoms with Gasteiger partial charge in [-0.1, -0.05) is 6.07 Å². The van der Waals surface area contributed by atoms with Crippen LogP contribution in [0.3, 0.4) is 0 Å². The molecule has 0 saturated carbocycles. The van der Waals surface area contributed by atoms with Crippen molar-refractivity contribution in [2.45, 2.75) is 19.6 Å². The van der Waals surface area contributed by atoms with Crippen LogP contribution < -0.4 is 5.32 Å². The number of esters is 1. The van der Waals surface area contributed by atoms with Crippen LogP contribution >= 0.6 is 0 Å². The Bertz CT molecular complexity index is 652. The molecule has 0 saturated heterocycles. The molecule has 1 aromatic heterocycles. The van der Waals surface area contributed by atoms with Crippen molar-refractivity contribution in [3.63, 3.8) is 0 Å². The Morgan fingerprint density at radius 2 is 2.00 bits per heavy atom. The van der Waals surface area contributed by atoms with E-state index < -0.39 is 23.7 Å². The lowest BCUT2D eigenvalue weighted by atomic mass is 10.1. The maximum atomic E-state index is 13.5. The maximum absolute atomic E-state index is 13.5. The standard InChI is InChI=1S/C16H17F2NO4/c1-2-22-16(21)14-7-6-10(23-14)8-19-9-13(20)15-11(17)4-3-5-12(15)18/h3-7,13,19-20H,2,8-9H2,1H3. The fourth-order valence-corrected chi connectivity index (χ4v) is 2.05. The zero-order valence-electron chi connectivity index (χ0n) is 12.5. The van der Waals surface area contributed by atoms with Gasteiger partial charge in [0, 0.05) is 6.54 Å². The number of aliphatic hydroxyl groups is 1. The van der Waals surface area contributed by atoms with E-state index in [2.05, 4.69) is 5.32 Å². The number of hydrogen-bond acceptors (Lipinski definition) is 5. The quantitative estimate of drug-likeness (QED) is 0.766. The van der Waals surface area contributed by atoms with Crippen LogP contribution in [0.4, 0.5) is 8.78 Å². The van der Waals surface area contributed by atoms with E-state index in [9.17, 15) is 18.7 Å². The fraction of sp³-hybridized carbons (Fsp3) is 0.312. The third kappa shape index (κ3) is 4.37. The summed E-state index contributed by atoms with van der Waals surface area (Å²) in [6.07, 6.45) is -1.34. The average molecular weight is 325 g/mol. The SMILES string of the molecule is CCOC(=O)c1ccc(CNCC(O)c2c(F)cccc2F)o1. The zero-order valence-corrected chi connectivity index (χ0v) is 12.5. The second-order valence-electron chi connectivity index (χ2n) is 4.77. The Morgan fingerprint density at radius 3 is 2.65 bits per heavy atom. The highest BCUT2D eigenvalue weighted by atomic mass is 19.1. The van der Waals surface area contributed by atoms with Crippen LogP contribution in [0.2, 0.25) is 0 Å². The molecule has 0 fully saturated rings. The van der Waals surface area contributed by atoms with Crippen LogP contribution in [-0.4, -0.2) is 24.2 Å². The van der Waals surface area contributed by atoms with Gasteiger partial charge in [0.25, 0.3) is 0 Å². The molecule has 0 aliphatic rings. The van der Waals surface area contributed by atoms with E-state index in [1.165, 1.54) is 12.1 Å². The predicted octanol–water partition coefficient (Wildman–Crippen LogP) is 2.56. The highest BCUT2D eigenvalue weighted by Gasteiger charge is 2.17. The normalized spacial score (nSPS) is 12.2. The summed E-state index contributed by atoms with van der Waals surface area (Å²) in [6, 6.07) is 6.45. The molecule has 2 aromatic rings. The van der Waals surface area contributed by atoms with Crippen molar-refractivity contribution < 1.29 is 27.8 Å². The minimum Gasteiger partial charge on any atom is -0.460 e. The molecule has 1 atom stereocenters. The van der Waals surface area contributed by atoms with Gasteiger partial charge < -0.3 is 19.6 Å². The first-order valence-electron chi connectivity index (χ1n) is 7.11. The van der Waals surface area contributed by atoms with Crippen molar-refractivity contribution in [3.05, 3.63) is 59.1 Å². The molecule has 0 radical (unpaired) electrons. The van der Waals surface area contributed by atoms with Gasteiger partial charge in [-0.25, -0.2) is 13.6 Å². The number of hydrogen-bond donors (Lipinski definition) is 2. The number of benzene rings is 1. The van der Waals surface area contributed by atoms with Gasteiger partial charge >= 0.3 is 5.97 Å². The van der Waals surface area contributed by atoms with E-state index in [0.717, 1.165) is 12.1 Å². The van der Waals surface area contributed by atoms with Crippen molar-refractivity contribution >= 4 is 5.97 Å². The monoisotopic (exact) mass is 325 g/mol. The highest BCUT2D eigenvalue weighted by Crippen LogP contribution is 2.20. The molecule has 1 aromatic carbocycles. The maximum Gasteiger partial charge on any atom is 0.374 e. The molecule has 0 spiro atoms. The number of carbonyl (C=O) groups is 1. The Morgan fingerprint density at radius 1 is 1.30 bits per heavy atom. The summed E-state index contributed by atoms with van der Waals surface area (Å²) < 4.78 is 37.1. The Kier molecular flexibility index (Phi) is 5.84. The molecule has 2 rings (SSSR count). The van der Waals surface area contributed by atoms with E-state index >= 15 is 0 Å². The van der Waals surface area contributed by atoms with Crippen LogP contribution in [0, 0.1) is 11.6 Å². The molecule has 1 unspecified atom stereocenters. The van der Waals surface area contributed by atoms with E-state index in [4.69, 9.17) is 9.15 Å². The van der Waals surface area contributed by atoms with E-state index in [0.29, 0.717) is 5.76 Å². The van der Waals surface area contributed by atoms with Crippen LogP contribution in [0.15, 0.2) is 34.7 Å². The third-order valence-electron chi connectivity index (χ3n) is 3.11. The lowest BCUT2D eigenvalue weighted by molar-refractivity contribution is 0.0487. The summed E-state index contributed by atoms with van der Waals surface area (Å²) in [4.78, 5) is 11.4. The van der Waals surface area contributed by atoms with Gasteiger partial charge in [-0.2, -0.15) is 0 Å². The number of halogens is 2. The van der Waals surface area contributed by atoms with Crippen molar-refractivity contribution in [3.8, 4) is 0 Å². The molecule has 0 aliphatic heterocycles. The lowest BCUT2D eigenvalue weighted by Crippen LogP contribution is -2.22. The number of aliphatic hydroxyl groups excluding tert-OH is 1. The first kappa shape index (κ1) is 17.1. The van der Waals surface area contributed by atoms with Crippen molar-refractivity contribution in [2.24, 2.45) is 0 Å². The Labute approximate surface area is 131 Å². The first-order chi connectivity index (χ1) is 11.0. The van der Waals surface area contributed by atoms with Crippen LogP contribution in [0.5, 0.6) is 0 Å². The molecule has 0 amide bonds. The molecule has 0 aliphatic carbocycles. The number of carbonyl (C=O) groups excluding carboxylic acids is 1. The molecule has 5 nitrogen and oxygen atoms in total. The van der Waals surface area contributed by atoms with Gasteiger partial charge in [0.05, 0.1) is 24.8 Å². The van der Waals surface area contributed by atoms with Crippen LogP contribution in [-0.2, 0) is 11.3 Å². The summed E-state index contributed by atoms with van der Waals surface area (Å²) in [5.41, 5.74) is -0.383. The summed E-state index contributed by atoms with van der Waals surface area (Å²) in [7, 11) is 0. The van der Waals surface area contributed by atoms with Gasteiger partial charge in [0.1, 0.15) is 17.4 Å². The zero-order chi connectivity index (χ0) is 16.8. The topological polar surface area (TPSA) is 71.7 Å². The highest BCUT2D eigenvalue weighted by molar-refractivity contribution is 5.86. The van der Waals surface area contributed by atoms with Crippen LogP contribution in [0.1, 0.15) is 34.9 Å². The summed E-state index contributed by atoms with van der Waals surface area (Å²) in [6.45, 7) is 2.04. The van der Waals surface area contributed by atoms with Crippen LogP contribution in [0.25, 0.3) is 0 Å². The molecular formula is C16H17F2NO4. The molecule has 2 N–H and O–H groups in total. The largest absolute Gasteiger partial charge is 0.460 e. The Hall–Kier alpha value is -2.25. The number of furan rings is 1. The van der Waals surface area contributed by atoms with Gasteiger partial charge in [-0.15, -0.1) is 0 Å². The summed E-state index contributed by atoms with van der Waals surface area (Å²) in [5.74, 6) is -1.66. The third-order valence-corrected chi connectivity index (χ3v) is 3.11. The summed E-state index contributed by atoms with van der Waals surface area (Å²) >= 11 is 0. The van der Waals surface area contributed by atoms with Crippen molar-refractivity contribution in [1.29, 1.82) is 0 Å². The smallest absolute Gasteiger partial charge is 0.374 e. The molecule has 7 heteroatoms. The Balaban J connectivity index is 1.89. The van der Waals surface area contributed by atoms with Crippen molar-refractivity contribution in [2.75, 3.05) is 13.2 Å². The van der Waals surface area contributed by atoms with Gasteiger partial charge in [0.15, 0.2) is 0 Å². The fourth-order valence-electron chi connectivity index (χ4n) is 2.05. The van der Waals surface area contributed by atoms with Gasteiger partial charge in [0.2, 0.25) is 5.76 Å². The minimum absolute atomic E-state index is 0.0735.